The van der Waals surface area contributed by atoms with Gasteiger partial charge in [-0.15, -0.1) is 0 Å². The smallest absolute Gasteiger partial charge is 0.314 e. The van der Waals surface area contributed by atoms with Crippen molar-refractivity contribution in [1.29, 1.82) is 0 Å². The Morgan fingerprint density at radius 2 is 2.05 bits per heavy atom. The Hall–Kier alpha value is -1.18. The van der Waals surface area contributed by atoms with Gasteiger partial charge in [-0.25, -0.2) is 4.39 Å². The van der Waals surface area contributed by atoms with Crippen LogP contribution in [-0.2, 0) is 9.53 Å². The van der Waals surface area contributed by atoms with Crippen LogP contribution in [0.15, 0.2) is 24.3 Å². The average molecular weight is 405 g/mol. The first kappa shape index (κ1) is 16.2. The average Bonchev–Trinajstić information content (AvgIpc) is 2.93. The zero-order valence-electron chi connectivity index (χ0n) is 11.8. The van der Waals surface area contributed by atoms with E-state index in [9.17, 15) is 14.0 Å². The molecule has 1 aliphatic heterocycles. The molecule has 1 aliphatic rings. The fourth-order valence-corrected chi connectivity index (χ4v) is 3.37. The number of nitrogens with zero attached hydrogens (tertiary/aromatic N) is 1. The molecule has 1 heterocycles. The topological polar surface area (TPSA) is 46.6 Å². The van der Waals surface area contributed by atoms with Gasteiger partial charge in [0.1, 0.15) is 5.82 Å². The van der Waals surface area contributed by atoms with Crippen LogP contribution in [0.1, 0.15) is 23.7 Å². The van der Waals surface area contributed by atoms with Crippen molar-refractivity contribution in [2.45, 2.75) is 13.3 Å². The molecule has 2 rings (SSSR count). The van der Waals surface area contributed by atoms with E-state index in [1.54, 1.807) is 11.8 Å². The summed E-state index contributed by atoms with van der Waals surface area (Å²) in [6, 6.07) is 5.46. The summed E-state index contributed by atoms with van der Waals surface area (Å²) < 4.78 is 18.7. The van der Waals surface area contributed by atoms with Crippen molar-refractivity contribution < 1.29 is 18.7 Å². The molecule has 0 spiro atoms. The molecular weight excluding hydrogens is 388 g/mol. The van der Waals surface area contributed by atoms with E-state index in [-0.39, 0.29) is 17.7 Å². The zero-order chi connectivity index (χ0) is 15.5. The normalized spacial score (nSPS) is 21.4. The second-order valence-electron chi connectivity index (χ2n) is 5.12. The van der Waals surface area contributed by atoms with Crippen molar-refractivity contribution in [2.75, 3.05) is 24.1 Å². The Kier molecular flexibility index (Phi) is 5.18. The van der Waals surface area contributed by atoms with Crippen LogP contribution in [0.3, 0.4) is 0 Å². The molecule has 1 saturated heterocycles. The fourth-order valence-electron chi connectivity index (χ4n) is 2.44. The van der Waals surface area contributed by atoms with Gasteiger partial charge >= 0.3 is 5.97 Å². The number of amides is 1. The third-order valence-corrected chi connectivity index (χ3v) is 5.16. The first-order valence-corrected chi connectivity index (χ1v) is 8.33. The number of benzene rings is 1. The number of carbonyl (C=O) groups is 2. The number of alkyl halides is 1. The van der Waals surface area contributed by atoms with Gasteiger partial charge in [0.25, 0.3) is 5.91 Å². The molecule has 0 saturated carbocycles. The summed E-state index contributed by atoms with van der Waals surface area (Å²) >= 11 is 2.16. The summed E-state index contributed by atoms with van der Waals surface area (Å²) in [7, 11) is 0. The number of esters is 1. The fraction of sp³-hybridized carbons (Fsp3) is 0.467. The second-order valence-corrected chi connectivity index (χ2v) is 5.88. The summed E-state index contributed by atoms with van der Waals surface area (Å²) in [5.41, 5.74) is -0.184. The highest BCUT2D eigenvalue weighted by Crippen LogP contribution is 2.34. The van der Waals surface area contributed by atoms with Gasteiger partial charge in [0, 0.05) is 23.1 Å². The second kappa shape index (κ2) is 6.72. The highest BCUT2D eigenvalue weighted by atomic mass is 127. The molecule has 1 unspecified atom stereocenters. The number of rotatable bonds is 4. The molecule has 6 heteroatoms. The summed E-state index contributed by atoms with van der Waals surface area (Å²) in [6.45, 7) is 2.97. The minimum atomic E-state index is -0.619. The standard InChI is InChI=1S/C15H17FINO3/c1-2-21-14(20)15(9-17)7-8-18(10-15)13(19)11-3-5-12(16)6-4-11/h3-6H,2,7-10H2,1H3. The Balaban J connectivity index is 2.12. The number of likely N-dealkylation sites (tertiary alicyclic amines) is 1. The van der Waals surface area contributed by atoms with Crippen molar-refractivity contribution >= 4 is 34.5 Å². The Morgan fingerprint density at radius 1 is 1.38 bits per heavy atom. The van der Waals surface area contributed by atoms with Crippen molar-refractivity contribution in [3.63, 3.8) is 0 Å². The molecule has 1 amide bonds. The minimum absolute atomic E-state index is 0.175. The van der Waals surface area contributed by atoms with Crippen molar-refractivity contribution in [3.8, 4) is 0 Å². The van der Waals surface area contributed by atoms with Crippen LogP contribution in [0.4, 0.5) is 4.39 Å². The van der Waals surface area contributed by atoms with E-state index >= 15 is 0 Å². The van der Waals surface area contributed by atoms with Crippen LogP contribution in [0.5, 0.6) is 0 Å². The Labute approximate surface area is 136 Å². The predicted octanol–water partition coefficient (Wildman–Crippen LogP) is 2.66. The zero-order valence-corrected chi connectivity index (χ0v) is 13.9. The summed E-state index contributed by atoms with van der Waals surface area (Å²) in [5, 5.41) is 0. The van der Waals surface area contributed by atoms with Crippen LogP contribution >= 0.6 is 22.6 Å². The number of carbonyl (C=O) groups excluding carboxylic acids is 2. The maximum Gasteiger partial charge on any atom is 0.314 e. The van der Waals surface area contributed by atoms with E-state index < -0.39 is 5.41 Å². The molecule has 0 bridgehead atoms. The third-order valence-electron chi connectivity index (χ3n) is 3.70. The summed E-state index contributed by atoms with van der Waals surface area (Å²) in [6.07, 6.45) is 0.599. The number of hydrogen-bond acceptors (Lipinski definition) is 3. The van der Waals surface area contributed by atoms with Gasteiger partial charge in [0.05, 0.1) is 12.0 Å². The van der Waals surface area contributed by atoms with E-state index in [4.69, 9.17) is 4.74 Å². The molecule has 0 aliphatic carbocycles. The number of halogens is 2. The van der Waals surface area contributed by atoms with Gasteiger partial charge < -0.3 is 9.64 Å². The SMILES string of the molecule is CCOC(=O)C1(CI)CCN(C(=O)c2ccc(F)cc2)C1. The van der Waals surface area contributed by atoms with Crippen molar-refractivity contribution in [2.24, 2.45) is 5.41 Å². The molecule has 21 heavy (non-hydrogen) atoms. The van der Waals surface area contributed by atoms with E-state index in [0.29, 0.717) is 36.1 Å². The lowest BCUT2D eigenvalue weighted by Gasteiger charge is -2.24. The molecule has 4 nitrogen and oxygen atoms in total. The molecule has 1 aromatic carbocycles. The quantitative estimate of drug-likeness (QED) is 0.440. The van der Waals surface area contributed by atoms with E-state index in [1.165, 1.54) is 24.3 Å². The molecule has 1 aromatic rings. The Morgan fingerprint density at radius 3 is 2.62 bits per heavy atom. The van der Waals surface area contributed by atoms with E-state index in [2.05, 4.69) is 22.6 Å². The molecule has 0 radical (unpaired) electrons. The van der Waals surface area contributed by atoms with Gasteiger partial charge in [-0.3, -0.25) is 9.59 Å². The largest absolute Gasteiger partial charge is 0.465 e. The van der Waals surface area contributed by atoms with Gasteiger partial charge in [-0.1, -0.05) is 22.6 Å². The maximum atomic E-state index is 12.9. The van der Waals surface area contributed by atoms with Crippen LogP contribution in [0.25, 0.3) is 0 Å². The molecule has 1 fully saturated rings. The lowest BCUT2D eigenvalue weighted by atomic mass is 9.90. The van der Waals surface area contributed by atoms with Crippen LogP contribution < -0.4 is 0 Å². The molecule has 1 atom stereocenters. The maximum absolute atomic E-state index is 12.9. The minimum Gasteiger partial charge on any atom is -0.465 e. The first-order chi connectivity index (χ1) is 10.0. The molecule has 0 N–H and O–H groups in total. The van der Waals surface area contributed by atoms with Crippen molar-refractivity contribution in [1.82, 2.24) is 4.90 Å². The lowest BCUT2D eigenvalue weighted by Crippen LogP contribution is -2.39. The highest BCUT2D eigenvalue weighted by Gasteiger charge is 2.46. The van der Waals surface area contributed by atoms with Gasteiger partial charge in [-0.2, -0.15) is 0 Å². The summed E-state index contributed by atoms with van der Waals surface area (Å²) in [4.78, 5) is 26.2. The monoisotopic (exact) mass is 405 g/mol. The molecular formula is C15H17FINO3. The Bertz CT molecular complexity index is 534. The summed E-state index contributed by atoms with van der Waals surface area (Å²) in [5.74, 6) is -0.791. The van der Waals surface area contributed by atoms with Crippen LogP contribution in [0, 0.1) is 11.2 Å². The number of ether oxygens (including phenoxy) is 1. The lowest BCUT2D eigenvalue weighted by molar-refractivity contribution is -0.153. The molecule has 114 valence electrons. The third kappa shape index (κ3) is 3.36. The van der Waals surface area contributed by atoms with E-state index in [1.807, 2.05) is 0 Å². The predicted molar refractivity (Wildman–Crippen MR) is 84.9 cm³/mol. The van der Waals surface area contributed by atoms with Gasteiger partial charge in [0.15, 0.2) is 0 Å². The van der Waals surface area contributed by atoms with Crippen molar-refractivity contribution in [3.05, 3.63) is 35.6 Å². The van der Waals surface area contributed by atoms with Gasteiger partial charge in [-0.05, 0) is 37.6 Å². The molecule has 0 aromatic heterocycles. The highest BCUT2D eigenvalue weighted by molar-refractivity contribution is 14.1. The van der Waals surface area contributed by atoms with Crippen LogP contribution in [-0.4, -0.2) is 40.9 Å². The first-order valence-electron chi connectivity index (χ1n) is 6.80. The number of hydrogen-bond donors (Lipinski definition) is 0. The van der Waals surface area contributed by atoms with Crippen LogP contribution in [0.2, 0.25) is 0 Å². The van der Waals surface area contributed by atoms with Gasteiger partial charge in [0.2, 0.25) is 0 Å². The van der Waals surface area contributed by atoms with E-state index in [0.717, 1.165) is 0 Å².